The molecule has 20 heavy (non-hydrogen) atoms. The van der Waals surface area contributed by atoms with E-state index in [9.17, 15) is 9.18 Å². The second kappa shape index (κ2) is 6.70. The van der Waals surface area contributed by atoms with Crippen LogP contribution in [0.15, 0.2) is 18.2 Å². The van der Waals surface area contributed by atoms with Crippen molar-refractivity contribution in [2.75, 3.05) is 20.2 Å². The molecule has 0 aromatic heterocycles. The molecular weight excluding hydrogens is 259 g/mol. The molecule has 1 aliphatic rings. The first kappa shape index (κ1) is 14.8. The number of rotatable bonds is 6. The third kappa shape index (κ3) is 3.10. The molecule has 2 rings (SSSR count). The lowest BCUT2D eigenvalue weighted by atomic mass is 9.90. The number of ether oxygens (including phenoxy) is 1. The number of carbonyl (C=O) groups is 1. The van der Waals surface area contributed by atoms with E-state index in [0.717, 1.165) is 25.7 Å². The molecule has 0 radical (unpaired) electrons. The van der Waals surface area contributed by atoms with Crippen LogP contribution in [0.25, 0.3) is 0 Å². The second-order valence-electron chi connectivity index (χ2n) is 5.07. The zero-order valence-corrected chi connectivity index (χ0v) is 11.8. The fraction of sp³-hybridized carbons (Fsp3) is 0.533. The van der Waals surface area contributed by atoms with Gasteiger partial charge in [-0.15, -0.1) is 0 Å². The van der Waals surface area contributed by atoms with Crippen molar-refractivity contribution in [3.63, 3.8) is 0 Å². The Bertz CT molecular complexity index is 475. The molecule has 0 atom stereocenters. The Labute approximate surface area is 118 Å². The molecule has 2 N–H and O–H groups in total. The molecule has 1 saturated carbocycles. The normalized spacial score (nSPS) is 14.8. The predicted octanol–water partition coefficient (Wildman–Crippen LogP) is 2.18. The van der Waals surface area contributed by atoms with Crippen molar-refractivity contribution in [3.8, 4) is 5.75 Å². The SMILES string of the molecule is COc1cc(C(=O)N(CCCN)C2CCC2)ccc1F. The molecule has 0 aliphatic heterocycles. The minimum absolute atomic E-state index is 0.0681. The lowest BCUT2D eigenvalue weighted by Crippen LogP contribution is -2.45. The number of benzene rings is 1. The molecule has 1 aliphatic carbocycles. The number of hydrogen-bond acceptors (Lipinski definition) is 3. The van der Waals surface area contributed by atoms with E-state index in [1.165, 1.54) is 25.3 Å². The van der Waals surface area contributed by atoms with Gasteiger partial charge in [0.1, 0.15) is 0 Å². The van der Waals surface area contributed by atoms with E-state index in [2.05, 4.69) is 0 Å². The highest BCUT2D eigenvalue weighted by atomic mass is 19.1. The van der Waals surface area contributed by atoms with Gasteiger partial charge in [-0.2, -0.15) is 0 Å². The summed E-state index contributed by atoms with van der Waals surface area (Å²) in [6.07, 6.45) is 4.01. The van der Waals surface area contributed by atoms with Crippen LogP contribution in [0.1, 0.15) is 36.0 Å². The second-order valence-corrected chi connectivity index (χ2v) is 5.07. The largest absolute Gasteiger partial charge is 0.494 e. The van der Waals surface area contributed by atoms with E-state index in [1.54, 1.807) is 0 Å². The average Bonchev–Trinajstić information content (AvgIpc) is 2.41. The predicted molar refractivity (Wildman–Crippen MR) is 75.3 cm³/mol. The van der Waals surface area contributed by atoms with Gasteiger partial charge in [0.15, 0.2) is 11.6 Å². The zero-order valence-electron chi connectivity index (χ0n) is 11.8. The van der Waals surface area contributed by atoms with E-state index in [-0.39, 0.29) is 11.7 Å². The molecule has 0 spiro atoms. The maximum absolute atomic E-state index is 13.4. The molecule has 0 bridgehead atoms. The van der Waals surface area contributed by atoms with Crippen LogP contribution in [0.3, 0.4) is 0 Å². The minimum atomic E-state index is -0.457. The van der Waals surface area contributed by atoms with Crippen LogP contribution < -0.4 is 10.5 Å². The van der Waals surface area contributed by atoms with Crippen molar-refractivity contribution in [2.45, 2.75) is 31.7 Å². The van der Waals surface area contributed by atoms with Crippen LogP contribution in [-0.4, -0.2) is 37.0 Å². The summed E-state index contributed by atoms with van der Waals surface area (Å²) in [7, 11) is 1.39. The summed E-state index contributed by atoms with van der Waals surface area (Å²) in [5.41, 5.74) is 6.00. The van der Waals surface area contributed by atoms with Crippen molar-refractivity contribution in [1.29, 1.82) is 0 Å². The van der Waals surface area contributed by atoms with Crippen molar-refractivity contribution < 1.29 is 13.9 Å². The van der Waals surface area contributed by atoms with E-state index in [0.29, 0.717) is 24.7 Å². The standard InChI is InChI=1S/C15H21FN2O2/c1-20-14-10-11(6-7-13(14)16)15(19)18(9-3-8-17)12-4-2-5-12/h6-7,10,12H,2-5,8-9,17H2,1H3. The average molecular weight is 280 g/mol. The van der Waals surface area contributed by atoms with E-state index in [4.69, 9.17) is 10.5 Å². The molecule has 1 amide bonds. The molecule has 1 aromatic carbocycles. The van der Waals surface area contributed by atoms with Gasteiger partial charge in [0, 0.05) is 18.2 Å². The summed E-state index contributed by atoms with van der Waals surface area (Å²) in [6, 6.07) is 4.54. The third-order valence-corrected chi connectivity index (χ3v) is 3.78. The smallest absolute Gasteiger partial charge is 0.254 e. The van der Waals surface area contributed by atoms with E-state index in [1.807, 2.05) is 4.90 Å². The van der Waals surface area contributed by atoms with E-state index < -0.39 is 5.82 Å². The Hall–Kier alpha value is -1.62. The van der Waals surface area contributed by atoms with Gasteiger partial charge in [-0.25, -0.2) is 4.39 Å². The summed E-state index contributed by atoms with van der Waals surface area (Å²) in [4.78, 5) is 14.4. The molecular formula is C15H21FN2O2. The molecule has 5 heteroatoms. The van der Waals surface area contributed by atoms with Crippen LogP contribution in [0.2, 0.25) is 0 Å². The highest BCUT2D eigenvalue weighted by Gasteiger charge is 2.29. The molecule has 0 heterocycles. The molecule has 110 valence electrons. The lowest BCUT2D eigenvalue weighted by molar-refractivity contribution is 0.0578. The van der Waals surface area contributed by atoms with Crippen molar-refractivity contribution in [3.05, 3.63) is 29.6 Å². The van der Waals surface area contributed by atoms with Gasteiger partial charge in [0.2, 0.25) is 0 Å². The fourth-order valence-electron chi connectivity index (χ4n) is 2.37. The van der Waals surface area contributed by atoms with Gasteiger partial charge in [-0.05, 0) is 50.4 Å². The van der Waals surface area contributed by atoms with E-state index >= 15 is 0 Å². The number of carbonyl (C=O) groups excluding carboxylic acids is 1. The Kier molecular flexibility index (Phi) is 4.95. The Morgan fingerprint density at radius 3 is 2.80 bits per heavy atom. The van der Waals surface area contributed by atoms with Crippen LogP contribution in [0.5, 0.6) is 5.75 Å². The summed E-state index contributed by atoms with van der Waals surface area (Å²) in [6.45, 7) is 1.21. The fourth-order valence-corrected chi connectivity index (χ4v) is 2.37. The van der Waals surface area contributed by atoms with Crippen LogP contribution in [-0.2, 0) is 0 Å². The highest BCUT2D eigenvalue weighted by molar-refractivity contribution is 5.95. The number of amides is 1. The number of halogens is 1. The molecule has 0 unspecified atom stereocenters. The summed E-state index contributed by atoms with van der Waals surface area (Å²) in [5, 5.41) is 0. The van der Waals surface area contributed by atoms with Gasteiger partial charge in [0.25, 0.3) is 5.91 Å². The molecule has 1 fully saturated rings. The monoisotopic (exact) mass is 280 g/mol. The molecule has 4 nitrogen and oxygen atoms in total. The molecule has 0 saturated heterocycles. The van der Waals surface area contributed by atoms with Gasteiger partial charge in [-0.3, -0.25) is 4.79 Å². The lowest BCUT2D eigenvalue weighted by Gasteiger charge is -2.37. The maximum atomic E-state index is 13.4. The minimum Gasteiger partial charge on any atom is -0.494 e. The zero-order chi connectivity index (χ0) is 14.5. The Balaban J connectivity index is 2.17. The van der Waals surface area contributed by atoms with Gasteiger partial charge >= 0.3 is 0 Å². The topological polar surface area (TPSA) is 55.6 Å². The summed E-state index contributed by atoms with van der Waals surface area (Å²) in [5.74, 6) is -0.425. The number of methoxy groups -OCH3 is 1. The maximum Gasteiger partial charge on any atom is 0.254 e. The Morgan fingerprint density at radius 1 is 1.50 bits per heavy atom. The number of nitrogens with zero attached hydrogens (tertiary/aromatic N) is 1. The van der Waals surface area contributed by atoms with Gasteiger partial charge in [0.05, 0.1) is 7.11 Å². The first-order chi connectivity index (χ1) is 9.67. The van der Waals surface area contributed by atoms with Crippen molar-refractivity contribution in [1.82, 2.24) is 4.90 Å². The van der Waals surface area contributed by atoms with Crippen LogP contribution in [0, 0.1) is 5.82 Å². The third-order valence-electron chi connectivity index (χ3n) is 3.78. The Morgan fingerprint density at radius 2 is 2.25 bits per heavy atom. The highest BCUT2D eigenvalue weighted by Crippen LogP contribution is 2.27. The van der Waals surface area contributed by atoms with Crippen molar-refractivity contribution >= 4 is 5.91 Å². The van der Waals surface area contributed by atoms with Gasteiger partial charge in [-0.1, -0.05) is 0 Å². The summed E-state index contributed by atoms with van der Waals surface area (Å²) >= 11 is 0. The van der Waals surface area contributed by atoms with Crippen LogP contribution in [0.4, 0.5) is 4.39 Å². The van der Waals surface area contributed by atoms with Crippen LogP contribution >= 0.6 is 0 Å². The number of nitrogens with two attached hydrogens (primary N) is 1. The molecule has 1 aromatic rings. The quantitative estimate of drug-likeness (QED) is 0.869. The first-order valence-electron chi connectivity index (χ1n) is 7.02. The first-order valence-corrected chi connectivity index (χ1v) is 7.02. The summed E-state index contributed by atoms with van der Waals surface area (Å²) < 4.78 is 18.3. The number of hydrogen-bond donors (Lipinski definition) is 1. The van der Waals surface area contributed by atoms with Crippen molar-refractivity contribution in [2.24, 2.45) is 5.73 Å². The van der Waals surface area contributed by atoms with Gasteiger partial charge < -0.3 is 15.4 Å².